The minimum absolute atomic E-state index is 0.171. The summed E-state index contributed by atoms with van der Waals surface area (Å²) in [7, 11) is 0. The summed E-state index contributed by atoms with van der Waals surface area (Å²) >= 11 is 3.35. The number of hydrogen-bond donors (Lipinski definition) is 1. The summed E-state index contributed by atoms with van der Waals surface area (Å²) in [4.78, 5) is 26.8. The fraction of sp³-hybridized carbons (Fsp3) is 0.130. The standard InChI is InChI=1S/C23H20BrFN2O2/c24-19-9-4-8-18(16-19)22(28)26-14-5-15-27(21-12-10-20(25)11-13-21)23(29)17-6-2-1-3-7-17/h1-4,6-13,16H,5,14-15H2,(H,26,28). The lowest BCUT2D eigenvalue weighted by Gasteiger charge is -2.23. The molecule has 3 aromatic rings. The van der Waals surface area contributed by atoms with Crippen LogP contribution >= 0.6 is 15.9 Å². The molecule has 0 atom stereocenters. The summed E-state index contributed by atoms with van der Waals surface area (Å²) in [5.74, 6) is -0.702. The number of nitrogens with one attached hydrogen (secondary N) is 1. The van der Waals surface area contributed by atoms with Gasteiger partial charge in [-0.15, -0.1) is 0 Å². The monoisotopic (exact) mass is 454 g/mol. The number of hydrogen-bond acceptors (Lipinski definition) is 2. The van der Waals surface area contributed by atoms with Gasteiger partial charge in [0.1, 0.15) is 5.82 Å². The van der Waals surface area contributed by atoms with E-state index in [1.54, 1.807) is 59.5 Å². The lowest BCUT2D eigenvalue weighted by Crippen LogP contribution is -2.34. The van der Waals surface area contributed by atoms with E-state index in [1.165, 1.54) is 12.1 Å². The molecule has 29 heavy (non-hydrogen) atoms. The van der Waals surface area contributed by atoms with Crippen LogP contribution < -0.4 is 10.2 Å². The molecule has 0 spiro atoms. The average molecular weight is 455 g/mol. The first-order chi connectivity index (χ1) is 14.0. The molecule has 6 heteroatoms. The zero-order valence-corrected chi connectivity index (χ0v) is 17.2. The van der Waals surface area contributed by atoms with Crippen LogP contribution in [0.4, 0.5) is 10.1 Å². The molecule has 3 aromatic carbocycles. The highest BCUT2D eigenvalue weighted by atomic mass is 79.9. The zero-order chi connectivity index (χ0) is 20.6. The second kappa shape index (κ2) is 9.98. The molecule has 0 aromatic heterocycles. The Balaban J connectivity index is 1.65. The van der Waals surface area contributed by atoms with E-state index in [9.17, 15) is 14.0 Å². The number of nitrogens with zero attached hydrogens (tertiary/aromatic N) is 1. The van der Waals surface area contributed by atoms with E-state index in [0.29, 0.717) is 36.3 Å². The molecule has 4 nitrogen and oxygen atoms in total. The smallest absolute Gasteiger partial charge is 0.258 e. The van der Waals surface area contributed by atoms with Crippen LogP contribution in [0.15, 0.2) is 83.3 Å². The summed E-state index contributed by atoms with van der Waals surface area (Å²) in [6.45, 7) is 0.795. The fourth-order valence-electron chi connectivity index (χ4n) is 2.88. The third-order valence-electron chi connectivity index (χ3n) is 4.34. The molecule has 0 fully saturated rings. The van der Waals surface area contributed by atoms with Gasteiger partial charge in [-0.05, 0) is 61.0 Å². The predicted molar refractivity (Wildman–Crippen MR) is 116 cm³/mol. The average Bonchev–Trinajstić information content (AvgIpc) is 2.75. The predicted octanol–water partition coefficient (Wildman–Crippen LogP) is 5.06. The Hall–Kier alpha value is -2.99. The van der Waals surface area contributed by atoms with Gasteiger partial charge in [0, 0.05) is 34.4 Å². The molecule has 0 aliphatic heterocycles. The number of anilines is 1. The van der Waals surface area contributed by atoms with E-state index in [-0.39, 0.29) is 17.6 Å². The molecular formula is C23H20BrFN2O2. The summed E-state index contributed by atoms with van der Waals surface area (Å²) in [6, 6.07) is 21.9. The zero-order valence-electron chi connectivity index (χ0n) is 15.6. The van der Waals surface area contributed by atoms with E-state index in [2.05, 4.69) is 21.2 Å². The molecule has 3 rings (SSSR count). The summed E-state index contributed by atoms with van der Waals surface area (Å²) in [5, 5.41) is 2.86. The molecular weight excluding hydrogens is 435 g/mol. The van der Waals surface area contributed by atoms with E-state index in [4.69, 9.17) is 0 Å². The van der Waals surface area contributed by atoms with Gasteiger partial charge in [-0.2, -0.15) is 0 Å². The Labute approximate surface area is 177 Å². The quantitative estimate of drug-likeness (QED) is 0.507. The minimum atomic E-state index is -0.359. The molecule has 0 unspecified atom stereocenters. The Kier molecular flexibility index (Phi) is 7.14. The Morgan fingerprint density at radius 1 is 0.897 bits per heavy atom. The van der Waals surface area contributed by atoms with E-state index in [0.717, 1.165) is 4.47 Å². The van der Waals surface area contributed by atoms with Crippen molar-refractivity contribution in [3.8, 4) is 0 Å². The summed E-state index contributed by atoms with van der Waals surface area (Å²) in [6.07, 6.45) is 0.551. The van der Waals surface area contributed by atoms with Crippen LogP contribution in [0, 0.1) is 5.82 Å². The van der Waals surface area contributed by atoms with E-state index in [1.807, 2.05) is 12.1 Å². The van der Waals surface area contributed by atoms with E-state index < -0.39 is 0 Å². The van der Waals surface area contributed by atoms with Crippen LogP contribution in [0.3, 0.4) is 0 Å². The second-order valence-corrected chi connectivity index (χ2v) is 7.33. The van der Waals surface area contributed by atoms with Gasteiger partial charge in [0.05, 0.1) is 0 Å². The number of carbonyl (C=O) groups excluding carboxylic acids is 2. The van der Waals surface area contributed by atoms with Crippen molar-refractivity contribution in [1.29, 1.82) is 0 Å². The summed E-state index contributed by atoms with van der Waals surface area (Å²) in [5.41, 5.74) is 1.73. The van der Waals surface area contributed by atoms with Gasteiger partial charge in [0.25, 0.3) is 11.8 Å². The van der Waals surface area contributed by atoms with Crippen molar-refractivity contribution in [2.45, 2.75) is 6.42 Å². The second-order valence-electron chi connectivity index (χ2n) is 6.42. The minimum Gasteiger partial charge on any atom is -0.352 e. The SMILES string of the molecule is O=C(NCCCN(C(=O)c1ccccc1)c1ccc(F)cc1)c1cccc(Br)c1. The number of rotatable bonds is 7. The number of carbonyl (C=O) groups is 2. The molecule has 0 aliphatic carbocycles. The van der Waals surface area contributed by atoms with Crippen LogP contribution in [0.25, 0.3) is 0 Å². The first-order valence-electron chi connectivity index (χ1n) is 9.21. The molecule has 148 valence electrons. The number of amides is 2. The lowest BCUT2D eigenvalue weighted by molar-refractivity contribution is 0.0953. The van der Waals surface area contributed by atoms with Gasteiger partial charge in [0.2, 0.25) is 0 Å². The number of halogens is 2. The van der Waals surface area contributed by atoms with Crippen molar-refractivity contribution < 1.29 is 14.0 Å². The van der Waals surface area contributed by atoms with Crippen LogP contribution in [0.5, 0.6) is 0 Å². The highest BCUT2D eigenvalue weighted by Gasteiger charge is 2.17. The van der Waals surface area contributed by atoms with Crippen LogP contribution in [-0.4, -0.2) is 24.9 Å². The largest absolute Gasteiger partial charge is 0.352 e. The van der Waals surface area contributed by atoms with Gasteiger partial charge in [-0.3, -0.25) is 9.59 Å². The Morgan fingerprint density at radius 3 is 2.28 bits per heavy atom. The van der Waals surface area contributed by atoms with Gasteiger partial charge >= 0.3 is 0 Å². The fourth-order valence-corrected chi connectivity index (χ4v) is 3.28. The van der Waals surface area contributed by atoms with Crippen LogP contribution in [-0.2, 0) is 0 Å². The molecule has 0 saturated heterocycles. The molecule has 0 aliphatic rings. The van der Waals surface area contributed by atoms with Crippen molar-refractivity contribution in [2.24, 2.45) is 0 Å². The first-order valence-corrected chi connectivity index (χ1v) is 10.00. The maximum absolute atomic E-state index is 13.3. The molecule has 0 radical (unpaired) electrons. The molecule has 0 bridgehead atoms. The molecule has 0 saturated carbocycles. The van der Waals surface area contributed by atoms with Crippen molar-refractivity contribution in [2.75, 3.05) is 18.0 Å². The van der Waals surface area contributed by atoms with Crippen molar-refractivity contribution >= 4 is 33.4 Å². The third kappa shape index (κ3) is 5.74. The number of benzene rings is 3. The van der Waals surface area contributed by atoms with E-state index >= 15 is 0 Å². The third-order valence-corrected chi connectivity index (χ3v) is 4.83. The van der Waals surface area contributed by atoms with Gasteiger partial charge in [-0.1, -0.05) is 40.2 Å². The maximum atomic E-state index is 13.3. The highest BCUT2D eigenvalue weighted by Crippen LogP contribution is 2.18. The maximum Gasteiger partial charge on any atom is 0.258 e. The summed E-state index contributed by atoms with van der Waals surface area (Å²) < 4.78 is 14.1. The van der Waals surface area contributed by atoms with Crippen LogP contribution in [0.2, 0.25) is 0 Å². The normalized spacial score (nSPS) is 10.4. The molecule has 1 N–H and O–H groups in total. The van der Waals surface area contributed by atoms with Crippen molar-refractivity contribution in [3.05, 3.63) is 100 Å². The molecule has 0 heterocycles. The van der Waals surface area contributed by atoms with Gasteiger partial charge in [-0.25, -0.2) is 4.39 Å². The van der Waals surface area contributed by atoms with Gasteiger partial charge in [0.15, 0.2) is 0 Å². The van der Waals surface area contributed by atoms with Crippen LogP contribution in [0.1, 0.15) is 27.1 Å². The first kappa shape index (κ1) is 20.7. The van der Waals surface area contributed by atoms with Gasteiger partial charge < -0.3 is 10.2 Å². The lowest BCUT2D eigenvalue weighted by atomic mass is 10.1. The highest BCUT2D eigenvalue weighted by molar-refractivity contribution is 9.10. The van der Waals surface area contributed by atoms with Crippen molar-refractivity contribution in [3.63, 3.8) is 0 Å². The Bertz CT molecular complexity index is 978. The topological polar surface area (TPSA) is 49.4 Å². The molecule has 2 amide bonds. The van der Waals surface area contributed by atoms with Crippen molar-refractivity contribution in [1.82, 2.24) is 5.32 Å². The Morgan fingerprint density at radius 2 is 1.59 bits per heavy atom.